The van der Waals surface area contributed by atoms with E-state index in [1.165, 1.54) is 6.92 Å². The number of benzene rings is 1. The highest BCUT2D eigenvalue weighted by molar-refractivity contribution is 7.92. The fourth-order valence-electron chi connectivity index (χ4n) is 2.81. The Morgan fingerprint density at radius 1 is 1.36 bits per heavy atom. The summed E-state index contributed by atoms with van der Waals surface area (Å²) in [5.74, 6) is -1.64. The van der Waals surface area contributed by atoms with E-state index in [1.54, 1.807) is 31.2 Å². The Morgan fingerprint density at radius 3 is 2.41 bits per heavy atom. The molecule has 1 fully saturated rings. The molecule has 2 rings (SSSR count). The van der Waals surface area contributed by atoms with E-state index < -0.39 is 32.4 Å². The van der Waals surface area contributed by atoms with Gasteiger partial charge in [0.25, 0.3) is 0 Å². The normalized spacial score (nSPS) is 27.0. The van der Waals surface area contributed by atoms with Crippen LogP contribution in [-0.2, 0) is 19.4 Å². The van der Waals surface area contributed by atoms with Crippen LogP contribution < -0.4 is 0 Å². The molecule has 5 nitrogen and oxygen atoms in total. The van der Waals surface area contributed by atoms with Gasteiger partial charge in [-0.05, 0) is 24.6 Å². The Labute approximate surface area is 134 Å². The fourth-order valence-corrected chi connectivity index (χ4v) is 4.86. The van der Waals surface area contributed by atoms with Crippen LogP contribution in [0, 0.1) is 16.7 Å². The minimum absolute atomic E-state index is 0.0918. The lowest BCUT2D eigenvalue weighted by molar-refractivity contribution is -0.147. The molecule has 1 aromatic rings. The molecule has 1 aliphatic rings. The van der Waals surface area contributed by atoms with Crippen molar-refractivity contribution in [2.75, 3.05) is 12.4 Å². The molecule has 0 aliphatic heterocycles. The van der Waals surface area contributed by atoms with Crippen LogP contribution in [0.25, 0.3) is 0 Å². The SMILES string of the molecule is CCOC(=O)[C@]1(C#N)[C@H](c2ccc(Cl)cc2)[C@H]1S(=O)(=O)CC. The van der Waals surface area contributed by atoms with Crippen LogP contribution in [0.4, 0.5) is 0 Å². The van der Waals surface area contributed by atoms with Crippen molar-refractivity contribution in [2.45, 2.75) is 25.0 Å². The van der Waals surface area contributed by atoms with E-state index in [-0.39, 0.29) is 12.4 Å². The van der Waals surface area contributed by atoms with Gasteiger partial charge in [0.1, 0.15) is 5.25 Å². The summed E-state index contributed by atoms with van der Waals surface area (Å²) in [6.45, 7) is 3.21. The second kappa shape index (κ2) is 5.90. The number of carbonyl (C=O) groups is 1. The van der Waals surface area contributed by atoms with Crippen molar-refractivity contribution in [1.82, 2.24) is 0 Å². The predicted molar refractivity (Wildman–Crippen MR) is 82.1 cm³/mol. The van der Waals surface area contributed by atoms with E-state index in [2.05, 4.69) is 0 Å². The summed E-state index contributed by atoms with van der Waals surface area (Å²) in [6.07, 6.45) is 0. The number of halogens is 1. The summed E-state index contributed by atoms with van der Waals surface area (Å²) in [5.41, 5.74) is -1.07. The number of rotatable bonds is 5. The first-order valence-corrected chi connectivity index (χ1v) is 9.00. The van der Waals surface area contributed by atoms with Crippen LogP contribution in [0.3, 0.4) is 0 Å². The molecule has 0 unspecified atom stereocenters. The summed E-state index contributed by atoms with van der Waals surface area (Å²) < 4.78 is 29.6. The van der Waals surface area contributed by atoms with Crippen molar-refractivity contribution in [2.24, 2.45) is 5.41 Å². The molecular weight excluding hydrogens is 326 g/mol. The van der Waals surface area contributed by atoms with Crippen LogP contribution in [0.5, 0.6) is 0 Å². The second-order valence-electron chi connectivity index (χ2n) is 5.10. The van der Waals surface area contributed by atoms with E-state index >= 15 is 0 Å². The summed E-state index contributed by atoms with van der Waals surface area (Å²) in [4.78, 5) is 12.2. The molecule has 1 saturated carbocycles. The summed E-state index contributed by atoms with van der Waals surface area (Å²) in [7, 11) is -3.57. The lowest BCUT2D eigenvalue weighted by Crippen LogP contribution is -2.26. The molecule has 22 heavy (non-hydrogen) atoms. The van der Waals surface area contributed by atoms with Gasteiger partial charge in [-0.15, -0.1) is 0 Å². The number of ether oxygens (including phenoxy) is 1. The second-order valence-corrected chi connectivity index (χ2v) is 7.95. The molecule has 0 aromatic heterocycles. The first-order chi connectivity index (χ1) is 10.3. The molecule has 0 radical (unpaired) electrons. The first-order valence-electron chi connectivity index (χ1n) is 6.90. The molecule has 0 bridgehead atoms. The van der Waals surface area contributed by atoms with Crippen LogP contribution in [0.2, 0.25) is 5.02 Å². The molecule has 3 atom stereocenters. The molecule has 0 amide bonds. The smallest absolute Gasteiger partial charge is 0.328 e. The maximum Gasteiger partial charge on any atom is 0.328 e. The van der Waals surface area contributed by atoms with Crippen molar-refractivity contribution in [3.05, 3.63) is 34.9 Å². The van der Waals surface area contributed by atoms with Gasteiger partial charge in [0.2, 0.25) is 0 Å². The van der Waals surface area contributed by atoms with Gasteiger partial charge in [-0.3, -0.25) is 4.79 Å². The number of hydrogen-bond donors (Lipinski definition) is 0. The minimum Gasteiger partial charge on any atom is -0.465 e. The van der Waals surface area contributed by atoms with Gasteiger partial charge in [-0.25, -0.2) is 8.42 Å². The molecule has 1 aliphatic carbocycles. The largest absolute Gasteiger partial charge is 0.465 e. The molecule has 0 spiro atoms. The predicted octanol–water partition coefficient (Wildman–Crippen LogP) is 2.31. The third kappa shape index (κ3) is 2.49. The van der Waals surface area contributed by atoms with Crippen molar-refractivity contribution in [1.29, 1.82) is 5.26 Å². The minimum atomic E-state index is -3.57. The lowest BCUT2D eigenvalue weighted by atomic mass is 10.0. The summed E-state index contributed by atoms with van der Waals surface area (Å²) in [5, 5.41) is 8.95. The van der Waals surface area contributed by atoms with Gasteiger partial charge in [-0.1, -0.05) is 30.7 Å². The Kier molecular flexibility index (Phi) is 4.50. The summed E-state index contributed by atoms with van der Waals surface area (Å²) >= 11 is 5.83. The monoisotopic (exact) mass is 341 g/mol. The summed E-state index contributed by atoms with van der Waals surface area (Å²) in [6, 6.07) is 8.41. The highest BCUT2D eigenvalue weighted by Gasteiger charge is 2.77. The zero-order chi connectivity index (χ0) is 16.5. The zero-order valence-electron chi connectivity index (χ0n) is 12.2. The number of hydrogen-bond acceptors (Lipinski definition) is 5. The van der Waals surface area contributed by atoms with E-state index in [9.17, 15) is 18.5 Å². The highest BCUT2D eigenvalue weighted by Crippen LogP contribution is 2.63. The van der Waals surface area contributed by atoms with E-state index in [0.717, 1.165) is 0 Å². The molecule has 7 heteroatoms. The van der Waals surface area contributed by atoms with Gasteiger partial charge < -0.3 is 4.74 Å². The Hall–Kier alpha value is -1.58. The molecule has 1 aromatic carbocycles. The van der Waals surface area contributed by atoms with Gasteiger partial charge in [0.15, 0.2) is 15.3 Å². The first kappa shape index (κ1) is 16.8. The number of nitrogens with zero attached hydrogens (tertiary/aromatic N) is 1. The Morgan fingerprint density at radius 2 is 1.95 bits per heavy atom. The average molecular weight is 342 g/mol. The molecule has 118 valence electrons. The van der Waals surface area contributed by atoms with Crippen molar-refractivity contribution in [3.8, 4) is 6.07 Å². The van der Waals surface area contributed by atoms with Gasteiger partial charge in [-0.2, -0.15) is 5.26 Å². The van der Waals surface area contributed by atoms with Crippen molar-refractivity contribution >= 4 is 27.4 Å². The average Bonchev–Trinajstić information content (AvgIpc) is 3.20. The third-order valence-electron chi connectivity index (χ3n) is 3.95. The standard InChI is InChI=1S/C15H16ClNO4S/c1-3-21-14(18)15(9-17)12(13(15)22(19,20)4-2)10-5-7-11(16)8-6-10/h5-8,12-13H,3-4H2,1-2H3/t12-,13-,15-/m1/s1. The number of carbonyl (C=O) groups excluding carboxylic acids is 1. The maximum atomic E-state index is 12.3. The van der Waals surface area contributed by atoms with Crippen molar-refractivity contribution < 1.29 is 17.9 Å². The third-order valence-corrected chi connectivity index (χ3v) is 6.42. The molecular formula is C15H16ClNO4S. The lowest BCUT2D eigenvalue weighted by Gasteiger charge is -2.08. The van der Waals surface area contributed by atoms with Crippen LogP contribution in [0.1, 0.15) is 25.3 Å². The topological polar surface area (TPSA) is 84.2 Å². The number of nitriles is 1. The van der Waals surface area contributed by atoms with E-state index in [1.807, 2.05) is 6.07 Å². The highest BCUT2D eigenvalue weighted by atomic mass is 35.5. The van der Waals surface area contributed by atoms with Crippen molar-refractivity contribution in [3.63, 3.8) is 0 Å². The van der Waals surface area contributed by atoms with Crippen LogP contribution in [0.15, 0.2) is 24.3 Å². The Bertz CT molecular complexity index is 723. The number of sulfone groups is 1. The molecule has 0 saturated heterocycles. The fraction of sp³-hybridized carbons (Fsp3) is 0.467. The van der Waals surface area contributed by atoms with Gasteiger partial charge in [0, 0.05) is 16.7 Å². The van der Waals surface area contributed by atoms with Gasteiger partial charge in [0.05, 0.1) is 12.7 Å². The maximum absolute atomic E-state index is 12.3. The van der Waals surface area contributed by atoms with Gasteiger partial charge >= 0.3 is 5.97 Å². The van der Waals surface area contributed by atoms with E-state index in [0.29, 0.717) is 10.6 Å². The Balaban J connectivity index is 2.52. The molecule has 0 heterocycles. The quantitative estimate of drug-likeness (QED) is 0.767. The number of esters is 1. The van der Waals surface area contributed by atoms with E-state index in [4.69, 9.17) is 16.3 Å². The van der Waals surface area contributed by atoms with Crippen LogP contribution >= 0.6 is 11.6 Å². The molecule has 0 N–H and O–H groups in total. The van der Waals surface area contributed by atoms with Crippen LogP contribution in [-0.4, -0.2) is 32.0 Å². The zero-order valence-corrected chi connectivity index (χ0v) is 13.8.